The summed E-state index contributed by atoms with van der Waals surface area (Å²) in [6.07, 6.45) is 5.87. The van der Waals surface area contributed by atoms with Crippen molar-refractivity contribution in [1.82, 2.24) is 13.9 Å². The highest BCUT2D eigenvalue weighted by atomic mass is 32.2. The lowest BCUT2D eigenvalue weighted by Gasteiger charge is -2.37. The number of nitrogens with zero attached hydrogens (tertiary/aromatic N) is 3. The number of sulfonamides is 1. The molecule has 2 unspecified atom stereocenters. The molecule has 2 heterocycles. The van der Waals surface area contributed by atoms with Gasteiger partial charge in [0.05, 0.1) is 6.33 Å². The third kappa shape index (κ3) is 2.82. The molecule has 1 aliphatic heterocycles. The van der Waals surface area contributed by atoms with Crippen molar-refractivity contribution in [2.75, 3.05) is 13.1 Å². The highest BCUT2D eigenvalue weighted by Crippen LogP contribution is 2.29. The summed E-state index contributed by atoms with van der Waals surface area (Å²) < 4.78 is 28.3. The maximum atomic E-state index is 12.6. The van der Waals surface area contributed by atoms with Crippen LogP contribution >= 0.6 is 0 Å². The molecule has 0 bridgehead atoms. The molecule has 108 valence electrons. The van der Waals surface area contributed by atoms with E-state index in [0.29, 0.717) is 19.0 Å². The Hall–Kier alpha value is -0.920. The Bertz CT molecular complexity index is 526. The average Bonchev–Trinajstić information content (AvgIpc) is 2.85. The van der Waals surface area contributed by atoms with Crippen molar-refractivity contribution in [3.63, 3.8) is 0 Å². The fourth-order valence-corrected chi connectivity index (χ4v) is 4.29. The van der Waals surface area contributed by atoms with Gasteiger partial charge < -0.3 is 10.3 Å². The summed E-state index contributed by atoms with van der Waals surface area (Å²) in [7, 11) is -1.75. The molecule has 0 saturated carbocycles. The highest BCUT2D eigenvalue weighted by Gasteiger charge is 2.36. The van der Waals surface area contributed by atoms with Crippen LogP contribution < -0.4 is 5.73 Å². The molecule has 2 atom stereocenters. The number of nitrogens with two attached hydrogens (primary N) is 1. The molecule has 1 aliphatic rings. The van der Waals surface area contributed by atoms with E-state index in [1.807, 2.05) is 0 Å². The van der Waals surface area contributed by atoms with Crippen LogP contribution in [-0.4, -0.2) is 41.4 Å². The van der Waals surface area contributed by atoms with Crippen molar-refractivity contribution in [2.24, 2.45) is 18.7 Å². The predicted molar refractivity (Wildman–Crippen MR) is 73.0 cm³/mol. The van der Waals surface area contributed by atoms with Crippen molar-refractivity contribution in [2.45, 2.75) is 37.3 Å². The van der Waals surface area contributed by atoms with Crippen LogP contribution in [0.2, 0.25) is 0 Å². The number of piperidine rings is 1. The second kappa shape index (κ2) is 5.60. The average molecular weight is 286 g/mol. The van der Waals surface area contributed by atoms with Crippen molar-refractivity contribution < 1.29 is 8.42 Å². The zero-order valence-corrected chi connectivity index (χ0v) is 12.3. The van der Waals surface area contributed by atoms with Crippen molar-refractivity contribution in [3.05, 3.63) is 12.5 Å². The Balaban J connectivity index is 2.25. The molecule has 19 heavy (non-hydrogen) atoms. The van der Waals surface area contributed by atoms with E-state index in [9.17, 15) is 8.42 Å². The van der Waals surface area contributed by atoms with Crippen molar-refractivity contribution in [1.29, 1.82) is 0 Å². The molecule has 1 saturated heterocycles. The fraction of sp³-hybridized carbons (Fsp3) is 0.750. The Morgan fingerprint density at radius 1 is 1.53 bits per heavy atom. The van der Waals surface area contributed by atoms with Gasteiger partial charge in [-0.2, -0.15) is 4.31 Å². The number of imidazole rings is 1. The second-order valence-corrected chi connectivity index (χ2v) is 7.02. The zero-order chi connectivity index (χ0) is 14.0. The minimum atomic E-state index is -3.51. The van der Waals surface area contributed by atoms with E-state index in [-0.39, 0.29) is 11.1 Å². The first-order valence-electron chi connectivity index (χ1n) is 6.69. The molecular formula is C12H22N4O2S. The van der Waals surface area contributed by atoms with Crippen LogP contribution in [0.5, 0.6) is 0 Å². The topological polar surface area (TPSA) is 81.2 Å². The lowest BCUT2D eigenvalue weighted by Crippen LogP contribution is -2.49. The Labute approximate surface area is 114 Å². The van der Waals surface area contributed by atoms with Crippen LogP contribution in [0.4, 0.5) is 0 Å². The number of aryl methyl sites for hydroxylation is 1. The van der Waals surface area contributed by atoms with Gasteiger partial charge in [0, 0.05) is 32.4 Å². The molecular weight excluding hydrogens is 264 g/mol. The van der Waals surface area contributed by atoms with E-state index in [4.69, 9.17) is 5.73 Å². The van der Waals surface area contributed by atoms with Crippen LogP contribution in [-0.2, 0) is 17.1 Å². The first kappa shape index (κ1) is 14.5. The Morgan fingerprint density at radius 3 is 2.79 bits per heavy atom. The molecule has 0 radical (unpaired) electrons. The van der Waals surface area contributed by atoms with Gasteiger partial charge in [0.25, 0.3) is 10.0 Å². The monoisotopic (exact) mass is 286 g/mol. The van der Waals surface area contributed by atoms with E-state index in [2.05, 4.69) is 11.9 Å². The number of rotatable bonds is 4. The molecule has 0 amide bonds. The molecule has 0 aliphatic carbocycles. The molecule has 1 fully saturated rings. The molecule has 0 aromatic carbocycles. The third-order valence-electron chi connectivity index (χ3n) is 3.87. The maximum absolute atomic E-state index is 12.6. The van der Waals surface area contributed by atoms with Crippen molar-refractivity contribution >= 4 is 10.0 Å². The molecule has 1 aromatic rings. The van der Waals surface area contributed by atoms with Gasteiger partial charge in [-0.05, 0) is 18.8 Å². The minimum absolute atomic E-state index is 0.106. The van der Waals surface area contributed by atoms with Gasteiger partial charge in [-0.1, -0.05) is 13.3 Å². The van der Waals surface area contributed by atoms with Gasteiger partial charge in [-0.15, -0.1) is 0 Å². The smallest absolute Gasteiger partial charge is 0.262 e. The predicted octanol–water partition coefficient (Wildman–Crippen LogP) is 0.558. The Morgan fingerprint density at radius 2 is 2.26 bits per heavy atom. The third-order valence-corrected chi connectivity index (χ3v) is 5.71. The van der Waals surface area contributed by atoms with Gasteiger partial charge in [-0.25, -0.2) is 13.4 Å². The van der Waals surface area contributed by atoms with Crippen LogP contribution in [0.25, 0.3) is 0 Å². The summed E-state index contributed by atoms with van der Waals surface area (Å²) in [5.74, 6) is 0.573. The molecule has 6 nitrogen and oxygen atoms in total. The highest BCUT2D eigenvalue weighted by molar-refractivity contribution is 7.89. The molecule has 0 spiro atoms. The van der Waals surface area contributed by atoms with Crippen LogP contribution in [0.15, 0.2) is 17.6 Å². The zero-order valence-electron chi connectivity index (χ0n) is 11.5. The largest absolute Gasteiger partial charge is 0.339 e. The SMILES string of the molecule is CCC1CCN(S(=O)(=O)c2cn(C)cn2)C(CN)C1. The molecule has 7 heteroatoms. The Kier molecular flexibility index (Phi) is 4.27. The van der Waals surface area contributed by atoms with Crippen LogP contribution in [0.1, 0.15) is 26.2 Å². The van der Waals surface area contributed by atoms with Gasteiger partial charge in [0.15, 0.2) is 5.03 Å². The normalized spacial score (nSPS) is 25.6. The number of hydrogen-bond donors (Lipinski definition) is 1. The molecule has 1 aromatic heterocycles. The van der Waals surface area contributed by atoms with E-state index in [1.165, 1.54) is 16.8 Å². The number of aromatic nitrogens is 2. The standard InChI is InChI=1S/C12H22N4O2S/c1-3-10-4-5-16(11(6-10)7-13)19(17,18)12-8-15(2)9-14-12/h8-11H,3-7,13H2,1-2H3. The van der Waals surface area contributed by atoms with E-state index in [1.54, 1.807) is 11.6 Å². The first-order valence-corrected chi connectivity index (χ1v) is 8.13. The quantitative estimate of drug-likeness (QED) is 0.877. The van der Waals surface area contributed by atoms with E-state index in [0.717, 1.165) is 19.3 Å². The summed E-state index contributed by atoms with van der Waals surface area (Å²) in [6.45, 7) is 3.04. The van der Waals surface area contributed by atoms with Crippen molar-refractivity contribution in [3.8, 4) is 0 Å². The maximum Gasteiger partial charge on any atom is 0.262 e. The first-order chi connectivity index (χ1) is 8.98. The lowest BCUT2D eigenvalue weighted by atomic mass is 9.90. The summed E-state index contributed by atoms with van der Waals surface area (Å²) in [4.78, 5) is 3.96. The molecule has 2 rings (SSSR count). The summed E-state index contributed by atoms with van der Waals surface area (Å²) in [5.41, 5.74) is 5.76. The van der Waals surface area contributed by atoms with E-state index >= 15 is 0 Å². The van der Waals surface area contributed by atoms with Gasteiger partial charge in [-0.3, -0.25) is 0 Å². The van der Waals surface area contributed by atoms with Gasteiger partial charge >= 0.3 is 0 Å². The fourth-order valence-electron chi connectivity index (χ4n) is 2.66. The van der Waals surface area contributed by atoms with Crippen LogP contribution in [0, 0.1) is 5.92 Å². The number of hydrogen-bond acceptors (Lipinski definition) is 4. The molecule has 2 N–H and O–H groups in total. The summed E-state index contributed by atoms with van der Waals surface area (Å²) in [5, 5.41) is 0.114. The minimum Gasteiger partial charge on any atom is -0.339 e. The lowest BCUT2D eigenvalue weighted by molar-refractivity contribution is 0.197. The summed E-state index contributed by atoms with van der Waals surface area (Å²) >= 11 is 0. The second-order valence-electron chi connectivity index (χ2n) is 5.18. The van der Waals surface area contributed by atoms with Crippen LogP contribution in [0.3, 0.4) is 0 Å². The van der Waals surface area contributed by atoms with E-state index < -0.39 is 10.0 Å². The van der Waals surface area contributed by atoms with Gasteiger partial charge in [0.2, 0.25) is 0 Å². The van der Waals surface area contributed by atoms with Gasteiger partial charge in [0.1, 0.15) is 0 Å². The summed E-state index contributed by atoms with van der Waals surface area (Å²) in [6, 6.07) is -0.106.